The molecule has 0 amide bonds. The molecule has 0 aliphatic carbocycles. The standard InChI is InChI=1S/C12H10N6O/c13-12(17-19)9-5-11(18-7-14-6-15-18)16-10-4-2-1-3-8(9)10/h1-7,19H,(H2,13,17). The lowest BCUT2D eigenvalue weighted by molar-refractivity contribution is 0.318. The highest BCUT2D eigenvalue weighted by Gasteiger charge is 2.10. The Labute approximate surface area is 108 Å². The molecule has 0 spiro atoms. The fourth-order valence-electron chi connectivity index (χ4n) is 1.87. The minimum Gasteiger partial charge on any atom is -0.409 e. The minimum atomic E-state index is 0.0277. The predicted octanol–water partition coefficient (Wildman–Crippen LogP) is 0.910. The van der Waals surface area contributed by atoms with Crippen molar-refractivity contribution < 1.29 is 5.21 Å². The van der Waals surface area contributed by atoms with Gasteiger partial charge in [-0.2, -0.15) is 5.10 Å². The van der Waals surface area contributed by atoms with Crippen LogP contribution < -0.4 is 5.73 Å². The Morgan fingerprint density at radius 1 is 1.32 bits per heavy atom. The number of nitrogens with two attached hydrogens (primary N) is 1. The summed E-state index contributed by atoms with van der Waals surface area (Å²) in [5.74, 6) is 0.581. The third kappa shape index (κ3) is 1.86. The molecule has 2 heterocycles. The van der Waals surface area contributed by atoms with E-state index in [0.717, 1.165) is 10.9 Å². The minimum absolute atomic E-state index is 0.0277. The number of aromatic nitrogens is 4. The number of oxime groups is 1. The van der Waals surface area contributed by atoms with Crippen molar-refractivity contribution in [3.63, 3.8) is 0 Å². The van der Waals surface area contributed by atoms with Gasteiger partial charge in [0.15, 0.2) is 11.7 Å². The third-order valence-corrected chi connectivity index (χ3v) is 2.74. The van der Waals surface area contributed by atoms with Crippen molar-refractivity contribution in [2.75, 3.05) is 0 Å². The highest BCUT2D eigenvalue weighted by atomic mass is 16.4. The Bertz CT molecular complexity index is 750. The van der Waals surface area contributed by atoms with Crippen LogP contribution in [0.1, 0.15) is 5.56 Å². The molecule has 0 saturated carbocycles. The second kappa shape index (κ2) is 4.37. The summed E-state index contributed by atoms with van der Waals surface area (Å²) >= 11 is 0. The van der Waals surface area contributed by atoms with Crippen LogP contribution in [-0.2, 0) is 0 Å². The van der Waals surface area contributed by atoms with E-state index in [0.29, 0.717) is 11.4 Å². The summed E-state index contributed by atoms with van der Waals surface area (Å²) in [6.45, 7) is 0. The van der Waals surface area contributed by atoms with Gasteiger partial charge >= 0.3 is 0 Å². The monoisotopic (exact) mass is 254 g/mol. The van der Waals surface area contributed by atoms with Crippen LogP contribution in [0.25, 0.3) is 16.7 Å². The van der Waals surface area contributed by atoms with E-state index in [9.17, 15) is 0 Å². The molecule has 0 aliphatic heterocycles. The Hall–Kier alpha value is -2.96. The Balaban J connectivity index is 2.33. The topological polar surface area (TPSA) is 102 Å². The van der Waals surface area contributed by atoms with Gasteiger partial charge in [-0.25, -0.2) is 14.6 Å². The molecule has 2 aromatic heterocycles. The van der Waals surface area contributed by atoms with Crippen LogP contribution in [0.5, 0.6) is 0 Å². The van der Waals surface area contributed by atoms with Crippen molar-refractivity contribution in [3.8, 4) is 5.82 Å². The van der Waals surface area contributed by atoms with Crippen LogP contribution in [0, 0.1) is 0 Å². The fourth-order valence-corrected chi connectivity index (χ4v) is 1.87. The zero-order chi connectivity index (χ0) is 13.2. The molecule has 3 aromatic rings. The molecule has 7 nitrogen and oxygen atoms in total. The van der Waals surface area contributed by atoms with E-state index in [1.165, 1.54) is 17.3 Å². The molecular formula is C12H10N6O. The van der Waals surface area contributed by atoms with Gasteiger partial charge in [0.2, 0.25) is 0 Å². The number of pyridine rings is 1. The average Bonchev–Trinajstić information content (AvgIpc) is 2.99. The lowest BCUT2D eigenvalue weighted by atomic mass is 10.1. The van der Waals surface area contributed by atoms with Crippen molar-refractivity contribution >= 4 is 16.7 Å². The maximum absolute atomic E-state index is 8.88. The molecule has 7 heteroatoms. The third-order valence-electron chi connectivity index (χ3n) is 2.74. The summed E-state index contributed by atoms with van der Waals surface area (Å²) in [5, 5.41) is 16.8. The van der Waals surface area contributed by atoms with Crippen molar-refractivity contribution in [2.45, 2.75) is 0 Å². The first-order valence-corrected chi connectivity index (χ1v) is 5.52. The zero-order valence-corrected chi connectivity index (χ0v) is 9.80. The molecule has 19 heavy (non-hydrogen) atoms. The second-order valence-corrected chi connectivity index (χ2v) is 3.87. The number of para-hydroxylation sites is 1. The highest BCUT2D eigenvalue weighted by molar-refractivity contribution is 6.08. The molecular weight excluding hydrogens is 244 g/mol. The van der Waals surface area contributed by atoms with Gasteiger partial charge in [0.25, 0.3) is 0 Å². The molecule has 3 N–H and O–H groups in total. The maximum atomic E-state index is 8.88. The zero-order valence-electron chi connectivity index (χ0n) is 9.80. The first-order valence-electron chi connectivity index (χ1n) is 5.52. The number of hydrogen-bond acceptors (Lipinski definition) is 5. The maximum Gasteiger partial charge on any atom is 0.170 e. The largest absolute Gasteiger partial charge is 0.409 e. The number of amidine groups is 1. The van der Waals surface area contributed by atoms with Crippen LogP contribution in [0.2, 0.25) is 0 Å². The average molecular weight is 254 g/mol. The molecule has 94 valence electrons. The summed E-state index contributed by atoms with van der Waals surface area (Å²) in [7, 11) is 0. The van der Waals surface area contributed by atoms with E-state index in [4.69, 9.17) is 10.9 Å². The lowest BCUT2D eigenvalue weighted by Crippen LogP contribution is -2.15. The molecule has 1 aromatic carbocycles. The van der Waals surface area contributed by atoms with Crippen LogP contribution in [0.3, 0.4) is 0 Å². The lowest BCUT2D eigenvalue weighted by Gasteiger charge is -2.07. The van der Waals surface area contributed by atoms with E-state index in [1.54, 1.807) is 6.07 Å². The Morgan fingerprint density at radius 2 is 2.16 bits per heavy atom. The van der Waals surface area contributed by atoms with E-state index < -0.39 is 0 Å². The van der Waals surface area contributed by atoms with Gasteiger partial charge in [0.1, 0.15) is 12.7 Å². The summed E-state index contributed by atoms with van der Waals surface area (Å²) in [5.41, 5.74) is 7.04. The van der Waals surface area contributed by atoms with Crippen LogP contribution in [0.4, 0.5) is 0 Å². The van der Waals surface area contributed by atoms with E-state index in [-0.39, 0.29) is 5.84 Å². The highest BCUT2D eigenvalue weighted by Crippen LogP contribution is 2.19. The molecule has 0 fully saturated rings. The summed E-state index contributed by atoms with van der Waals surface area (Å²) in [4.78, 5) is 8.34. The molecule has 0 aliphatic rings. The van der Waals surface area contributed by atoms with Crippen molar-refractivity contribution in [3.05, 3.63) is 48.5 Å². The van der Waals surface area contributed by atoms with Crippen LogP contribution >= 0.6 is 0 Å². The molecule has 0 saturated heterocycles. The number of nitrogens with zero attached hydrogens (tertiary/aromatic N) is 5. The van der Waals surface area contributed by atoms with E-state index in [1.807, 2.05) is 24.3 Å². The van der Waals surface area contributed by atoms with Gasteiger partial charge in [0.05, 0.1) is 5.52 Å². The van der Waals surface area contributed by atoms with Crippen molar-refractivity contribution in [2.24, 2.45) is 10.9 Å². The first-order chi connectivity index (χ1) is 9.29. The summed E-state index contributed by atoms with van der Waals surface area (Å²) < 4.78 is 1.51. The second-order valence-electron chi connectivity index (χ2n) is 3.87. The van der Waals surface area contributed by atoms with E-state index >= 15 is 0 Å². The number of rotatable bonds is 2. The smallest absolute Gasteiger partial charge is 0.170 e. The molecule has 0 bridgehead atoms. The predicted molar refractivity (Wildman–Crippen MR) is 69.2 cm³/mol. The number of benzene rings is 1. The Kier molecular flexibility index (Phi) is 2.57. The molecule has 3 rings (SSSR count). The number of fused-ring (bicyclic) bond motifs is 1. The Morgan fingerprint density at radius 3 is 2.89 bits per heavy atom. The van der Waals surface area contributed by atoms with Gasteiger partial charge in [-0.15, -0.1) is 0 Å². The normalized spacial score (nSPS) is 11.9. The van der Waals surface area contributed by atoms with Gasteiger partial charge in [0, 0.05) is 10.9 Å². The van der Waals surface area contributed by atoms with Gasteiger partial charge in [-0.3, -0.25) is 0 Å². The van der Waals surface area contributed by atoms with Gasteiger partial charge < -0.3 is 10.9 Å². The van der Waals surface area contributed by atoms with Crippen LogP contribution in [0.15, 0.2) is 48.1 Å². The quantitative estimate of drug-likeness (QED) is 0.306. The van der Waals surface area contributed by atoms with Gasteiger partial charge in [-0.1, -0.05) is 23.4 Å². The first kappa shape index (κ1) is 11.1. The summed E-state index contributed by atoms with van der Waals surface area (Å²) in [6, 6.07) is 9.15. The van der Waals surface area contributed by atoms with Gasteiger partial charge in [-0.05, 0) is 12.1 Å². The summed E-state index contributed by atoms with van der Waals surface area (Å²) in [6.07, 6.45) is 2.95. The fraction of sp³-hybridized carbons (Fsp3) is 0. The van der Waals surface area contributed by atoms with E-state index in [2.05, 4.69) is 20.2 Å². The van der Waals surface area contributed by atoms with Crippen LogP contribution in [-0.4, -0.2) is 30.8 Å². The van der Waals surface area contributed by atoms with Crippen molar-refractivity contribution in [1.29, 1.82) is 0 Å². The number of hydrogen-bond donors (Lipinski definition) is 2. The molecule has 0 unspecified atom stereocenters. The SMILES string of the molecule is NC(=NO)c1cc(-n2cncn2)nc2ccccc12. The molecule has 0 atom stereocenters. The molecule has 0 radical (unpaired) electrons. The van der Waals surface area contributed by atoms with Crippen molar-refractivity contribution in [1.82, 2.24) is 19.7 Å².